The molecule has 0 aromatic carbocycles. The first kappa shape index (κ1) is 9.31. The van der Waals surface area contributed by atoms with Crippen LogP contribution in [0.4, 0.5) is 0 Å². The summed E-state index contributed by atoms with van der Waals surface area (Å²) in [5.41, 5.74) is 0. The van der Waals surface area contributed by atoms with Gasteiger partial charge in [0.2, 0.25) is 0 Å². The van der Waals surface area contributed by atoms with Gasteiger partial charge in [-0.05, 0) is 39.2 Å². The van der Waals surface area contributed by atoms with E-state index in [1.54, 1.807) is 6.26 Å². The lowest BCUT2D eigenvalue weighted by Crippen LogP contribution is -2.24. The zero-order valence-corrected chi connectivity index (χ0v) is 7.32. The van der Waals surface area contributed by atoms with Crippen molar-refractivity contribution in [3.8, 4) is 0 Å². The van der Waals surface area contributed by atoms with Crippen molar-refractivity contribution in [3.05, 3.63) is 0 Å². The van der Waals surface area contributed by atoms with E-state index in [9.17, 15) is 0 Å². The van der Waals surface area contributed by atoms with Crippen molar-refractivity contribution in [2.45, 2.75) is 19.3 Å². The molecule has 0 saturated carbocycles. The molecule has 0 atom stereocenters. The number of nitrogens with zero attached hydrogens (tertiary/aromatic N) is 1. The zero-order chi connectivity index (χ0) is 7.11. The minimum atomic E-state index is 1.32. The molecule has 0 aliphatic carbocycles. The largest absolute Gasteiger partial charge is 0.306 e. The van der Waals surface area contributed by atoms with Gasteiger partial charge in [0.1, 0.15) is 0 Å². The van der Waals surface area contributed by atoms with E-state index in [-0.39, 0.29) is 0 Å². The average molecular weight is 147 g/mol. The van der Waals surface area contributed by atoms with Crippen molar-refractivity contribution >= 4 is 12.6 Å². The minimum Gasteiger partial charge on any atom is -0.306 e. The lowest BCUT2D eigenvalue weighted by molar-refractivity contribution is 0.277. The SMILES string of the molecule is CN1CCCCC1.CS. The van der Waals surface area contributed by atoms with Gasteiger partial charge in [0, 0.05) is 0 Å². The quantitative estimate of drug-likeness (QED) is 0.510. The Labute approximate surface area is 63.8 Å². The standard InChI is InChI=1S/C6H13N.CH4S/c1-7-5-3-2-4-6-7;1-2/h2-6H2,1H3;2H,1H3. The Bertz CT molecular complexity index is 50.9. The van der Waals surface area contributed by atoms with Gasteiger partial charge in [0.25, 0.3) is 0 Å². The fourth-order valence-corrected chi connectivity index (χ4v) is 1.05. The molecule has 9 heavy (non-hydrogen) atoms. The fraction of sp³-hybridized carbons (Fsp3) is 1.00. The number of hydrogen-bond acceptors (Lipinski definition) is 2. The second-order valence-electron chi connectivity index (χ2n) is 2.36. The van der Waals surface area contributed by atoms with Gasteiger partial charge in [-0.25, -0.2) is 0 Å². The summed E-state index contributed by atoms with van der Waals surface area (Å²) in [5, 5.41) is 0. The molecule has 56 valence electrons. The molecule has 1 saturated heterocycles. The van der Waals surface area contributed by atoms with Crippen molar-refractivity contribution in [2.24, 2.45) is 0 Å². The molecule has 0 aromatic rings. The molecule has 0 bridgehead atoms. The van der Waals surface area contributed by atoms with Crippen LogP contribution >= 0.6 is 12.6 Å². The van der Waals surface area contributed by atoms with E-state index in [4.69, 9.17) is 0 Å². The predicted molar refractivity (Wildman–Crippen MR) is 46.3 cm³/mol. The summed E-state index contributed by atoms with van der Waals surface area (Å²) in [6.07, 6.45) is 5.97. The van der Waals surface area contributed by atoms with E-state index in [2.05, 4.69) is 24.6 Å². The number of rotatable bonds is 0. The fourth-order valence-electron chi connectivity index (χ4n) is 1.05. The first-order valence-corrected chi connectivity index (χ1v) is 4.42. The molecule has 0 spiro atoms. The summed E-state index contributed by atoms with van der Waals surface area (Å²) >= 11 is 3.53. The summed E-state index contributed by atoms with van der Waals surface area (Å²) in [6, 6.07) is 0. The maximum atomic E-state index is 3.53. The van der Waals surface area contributed by atoms with E-state index < -0.39 is 0 Å². The Kier molecular flexibility index (Phi) is 6.65. The Balaban J connectivity index is 0.000000291. The van der Waals surface area contributed by atoms with Crippen molar-refractivity contribution < 1.29 is 0 Å². The summed E-state index contributed by atoms with van der Waals surface area (Å²) in [5.74, 6) is 0. The van der Waals surface area contributed by atoms with E-state index in [1.807, 2.05) is 0 Å². The number of piperidine rings is 1. The van der Waals surface area contributed by atoms with Crippen LogP contribution in [0.2, 0.25) is 0 Å². The highest BCUT2D eigenvalue weighted by Gasteiger charge is 2.02. The second-order valence-corrected chi connectivity index (χ2v) is 2.36. The van der Waals surface area contributed by atoms with Crippen LogP contribution in [0.15, 0.2) is 0 Å². The third-order valence-electron chi connectivity index (χ3n) is 1.58. The van der Waals surface area contributed by atoms with E-state index >= 15 is 0 Å². The van der Waals surface area contributed by atoms with Crippen LogP contribution in [-0.2, 0) is 0 Å². The van der Waals surface area contributed by atoms with Crippen molar-refractivity contribution in [2.75, 3.05) is 26.4 Å². The molecule has 0 radical (unpaired) electrons. The molecular formula is C7H17NS. The number of hydrogen-bond donors (Lipinski definition) is 1. The Morgan fingerprint density at radius 1 is 1.00 bits per heavy atom. The molecule has 1 rings (SSSR count). The van der Waals surface area contributed by atoms with Crippen LogP contribution in [0.1, 0.15) is 19.3 Å². The third-order valence-corrected chi connectivity index (χ3v) is 1.58. The van der Waals surface area contributed by atoms with Gasteiger partial charge in [0.05, 0.1) is 0 Å². The van der Waals surface area contributed by atoms with Gasteiger partial charge in [-0.15, -0.1) is 0 Å². The molecule has 1 aliphatic heterocycles. The van der Waals surface area contributed by atoms with Crippen molar-refractivity contribution in [3.63, 3.8) is 0 Å². The molecule has 2 heteroatoms. The lowest BCUT2D eigenvalue weighted by Gasteiger charge is -2.20. The van der Waals surface area contributed by atoms with Crippen LogP contribution in [0, 0.1) is 0 Å². The highest BCUT2D eigenvalue weighted by molar-refractivity contribution is 7.79. The molecule has 1 aliphatic rings. The maximum Gasteiger partial charge on any atom is -0.00218 e. The first-order chi connectivity index (χ1) is 4.39. The highest BCUT2D eigenvalue weighted by Crippen LogP contribution is 2.04. The molecule has 0 aromatic heterocycles. The van der Waals surface area contributed by atoms with Gasteiger partial charge < -0.3 is 4.90 Å². The van der Waals surface area contributed by atoms with Crippen LogP contribution in [0.25, 0.3) is 0 Å². The Morgan fingerprint density at radius 2 is 1.44 bits per heavy atom. The molecule has 1 fully saturated rings. The van der Waals surface area contributed by atoms with Crippen molar-refractivity contribution in [1.82, 2.24) is 4.90 Å². The van der Waals surface area contributed by atoms with Crippen molar-refractivity contribution in [1.29, 1.82) is 0 Å². The monoisotopic (exact) mass is 147 g/mol. The smallest absolute Gasteiger partial charge is 0.00218 e. The topological polar surface area (TPSA) is 3.24 Å². The summed E-state index contributed by atoms with van der Waals surface area (Å²) in [6.45, 7) is 2.64. The molecule has 1 nitrogen and oxygen atoms in total. The normalized spacial score (nSPS) is 20.3. The first-order valence-electron chi connectivity index (χ1n) is 3.53. The molecule has 0 unspecified atom stereocenters. The molecular weight excluding hydrogens is 130 g/mol. The van der Waals surface area contributed by atoms with Crippen LogP contribution in [0.5, 0.6) is 0 Å². The van der Waals surface area contributed by atoms with Gasteiger partial charge in [-0.1, -0.05) is 6.42 Å². The number of thiol groups is 1. The van der Waals surface area contributed by atoms with Gasteiger partial charge >= 0.3 is 0 Å². The van der Waals surface area contributed by atoms with Crippen LogP contribution in [-0.4, -0.2) is 31.3 Å². The lowest BCUT2D eigenvalue weighted by atomic mass is 10.1. The summed E-state index contributed by atoms with van der Waals surface area (Å²) in [4.78, 5) is 2.39. The van der Waals surface area contributed by atoms with Crippen LogP contribution < -0.4 is 0 Å². The number of likely N-dealkylation sites (tertiary alicyclic amines) is 1. The van der Waals surface area contributed by atoms with Crippen LogP contribution in [0.3, 0.4) is 0 Å². The van der Waals surface area contributed by atoms with E-state index in [0.29, 0.717) is 0 Å². The molecule has 1 heterocycles. The van der Waals surface area contributed by atoms with Gasteiger partial charge in [0.15, 0.2) is 0 Å². The Hall–Kier alpha value is 0.310. The summed E-state index contributed by atoms with van der Waals surface area (Å²) < 4.78 is 0. The van der Waals surface area contributed by atoms with Gasteiger partial charge in [-0.2, -0.15) is 12.6 Å². The predicted octanol–water partition coefficient (Wildman–Crippen LogP) is 1.65. The third kappa shape index (κ3) is 4.79. The molecule has 0 amide bonds. The average Bonchev–Trinajstić information content (AvgIpc) is 1.94. The molecule has 0 N–H and O–H groups in total. The minimum absolute atomic E-state index is 1.32. The zero-order valence-electron chi connectivity index (χ0n) is 6.43. The van der Waals surface area contributed by atoms with Gasteiger partial charge in [-0.3, -0.25) is 0 Å². The Morgan fingerprint density at radius 3 is 1.67 bits per heavy atom. The second kappa shape index (κ2) is 6.43. The van der Waals surface area contributed by atoms with E-state index in [0.717, 1.165) is 0 Å². The highest BCUT2D eigenvalue weighted by atomic mass is 32.1. The summed E-state index contributed by atoms with van der Waals surface area (Å²) in [7, 11) is 2.19. The van der Waals surface area contributed by atoms with E-state index in [1.165, 1.54) is 32.4 Å². The maximum absolute atomic E-state index is 3.53.